The molecule has 0 aromatic heterocycles. The maximum absolute atomic E-state index is 10.7. The molecule has 3 nitrogen and oxygen atoms in total. The van der Waals surface area contributed by atoms with Gasteiger partial charge in [-0.25, -0.2) is 0 Å². The van der Waals surface area contributed by atoms with Crippen molar-refractivity contribution in [2.45, 2.75) is 33.1 Å². The topological polar surface area (TPSA) is 46.2 Å². The minimum atomic E-state index is -0.277. The van der Waals surface area contributed by atoms with Gasteiger partial charge in [-0.15, -0.1) is 0 Å². The highest BCUT2D eigenvalue weighted by molar-refractivity contribution is 5.93. The zero-order valence-corrected chi connectivity index (χ0v) is 6.44. The summed E-state index contributed by atoms with van der Waals surface area (Å²) < 4.78 is 0. The van der Waals surface area contributed by atoms with Crippen molar-refractivity contribution in [3.05, 3.63) is 0 Å². The predicted molar refractivity (Wildman–Crippen MR) is 38.3 cm³/mol. The Kier molecular flexibility index (Phi) is 4.54. The Morgan fingerprint density at radius 1 is 1.40 bits per heavy atom. The van der Waals surface area contributed by atoms with E-state index in [4.69, 9.17) is 0 Å². The molecule has 0 unspecified atom stereocenters. The molecule has 1 N–H and O–H groups in total. The monoisotopic (exact) mass is 143 g/mol. The Hall–Kier alpha value is -0.860. The molecule has 0 radical (unpaired) electrons. The van der Waals surface area contributed by atoms with Crippen LogP contribution >= 0.6 is 0 Å². The molecule has 0 saturated carbocycles. The first kappa shape index (κ1) is 9.14. The molecule has 0 aliphatic heterocycles. The van der Waals surface area contributed by atoms with E-state index in [1.54, 1.807) is 0 Å². The molecule has 0 aliphatic carbocycles. The van der Waals surface area contributed by atoms with Gasteiger partial charge in [0.15, 0.2) is 0 Å². The summed E-state index contributed by atoms with van der Waals surface area (Å²) in [4.78, 5) is 21.0. The van der Waals surface area contributed by atoms with Gasteiger partial charge in [0.25, 0.3) is 0 Å². The largest absolute Gasteiger partial charge is 0.297 e. The van der Waals surface area contributed by atoms with Crippen LogP contribution in [0.3, 0.4) is 0 Å². The quantitative estimate of drug-likeness (QED) is 0.636. The van der Waals surface area contributed by atoms with E-state index in [-0.39, 0.29) is 11.8 Å². The molecule has 10 heavy (non-hydrogen) atoms. The molecule has 0 rings (SSSR count). The summed E-state index contributed by atoms with van der Waals surface area (Å²) in [7, 11) is 0. The van der Waals surface area contributed by atoms with Crippen LogP contribution in [0.5, 0.6) is 0 Å². The fourth-order valence-electron chi connectivity index (χ4n) is 0.596. The second-order valence-electron chi connectivity index (χ2n) is 2.21. The van der Waals surface area contributed by atoms with Gasteiger partial charge in [-0.3, -0.25) is 14.9 Å². The molecule has 0 heterocycles. The summed E-state index contributed by atoms with van der Waals surface area (Å²) in [6, 6.07) is 0. The zero-order chi connectivity index (χ0) is 7.98. The summed E-state index contributed by atoms with van der Waals surface area (Å²) in [6.07, 6.45) is 2.28. The van der Waals surface area contributed by atoms with E-state index in [0.29, 0.717) is 6.42 Å². The molecule has 2 amide bonds. The van der Waals surface area contributed by atoms with Crippen molar-refractivity contribution in [2.24, 2.45) is 0 Å². The first-order chi connectivity index (χ1) is 4.66. The Labute approximate surface area is 60.8 Å². The minimum absolute atomic E-state index is 0.172. The molecular weight excluding hydrogens is 130 g/mol. The van der Waals surface area contributed by atoms with Crippen molar-refractivity contribution < 1.29 is 9.59 Å². The summed E-state index contributed by atoms with van der Waals surface area (Å²) in [5.74, 6) is -0.449. The maximum atomic E-state index is 10.7. The normalized spacial score (nSPS) is 9.00. The van der Waals surface area contributed by atoms with E-state index in [1.165, 1.54) is 6.92 Å². The van der Waals surface area contributed by atoms with Gasteiger partial charge in [0, 0.05) is 13.3 Å². The molecule has 0 fully saturated rings. The number of imide groups is 1. The zero-order valence-electron chi connectivity index (χ0n) is 6.44. The molecule has 0 spiro atoms. The lowest BCUT2D eigenvalue weighted by Gasteiger charge is -1.97. The molecule has 0 saturated heterocycles. The number of rotatable bonds is 3. The summed E-state index contributed by atoms with van der Waals surface area (Å²) in [5, 5.41) is 2.20. The third-order valence-corrected chi connectivity index (χ3v) is 1.07. The van der Waals surface area contributed by atoms with Crippen molar-refractivity contribution >= 4 is 11.8 Å². The first-order valence-corrected chi connectivity index (χ1v) is 3.47. The van der Waals surface area contributed by atoms with Crippen LogP contribution in [-0.4, -0.2) is 11.8 Å². The third-order valence-electron chi connectivity index (χ3n) is 1.07. The standard InChI is InChI=1S/C7H13NO2/c1-3-4-5-7(10)8-6(2)9/h3-5H2,1-2H3,(H,8,9,10). The van der Waals surface area contributed by atoms with E-state index in [2.05, 4.69) is 5.32 Å². The molecular formula is C7H13NO2. The fraction of sp³-hybridized carbons (Fsp3) is 0.714. The summed E-state index contributed by atoms with van der Waals surface area (Å²) in [5.41, 5.74) is 0. The van der Waals surface area contributed by atoms with Gasteiger partial charge in [-0.1, -0.05) is 13.3 Å². The maximum Gasteiger partial charge on any atom is 0.226 e. The lowest BCUT2D eigenvalue weighted by molar-refractivity contribution is -0.129. The second-order valence-corrected chi connectivity index (χ2v) is 2.21. The molecule has 0 aliphatic rings. The van der Waals surface area contributed by atoms with Crippen molar-refractivity contribution in [3.8, 4) is 0 Å². The average Bonchev–Trinajstić information content (AvgIpc) is 1.82. The van der Waals surface area contributed by atoms with E-state index in [9.17, 15) is 9.59 Å². The fourth-order valence-corrected chi connectivity index (χ4v) is 0.596. The van der Waals surface area contributed by atoms with Crippen LogP contribution < -0.4 is 5.32 Å². The average molecular weight is 143 g/mol. The van der Waals surface area contributed by atoms with Crippen molar-refractivity contribution in [1.82, 2.24) is 5.32 Å². The van der Waals surface area contributed by atoms with Crippen LogP contribution in [0.2, 0.25) is 0 Å². The van der Waals surface area contributed by atoms with E-state index < -0.39 is 0 Å². The Morgan fingerprint density at radius 2 is 2.00 bits per heavy atom. The number of carbonyl (C=O) groups excluding carboxylic acids is 2. The van der Waals surface area contributed by atoms with Crippen LogP contribution in [-0.2, 0) is 9.59 Å². The van der Waals surface area contributed by atoms with Gasteiger partial charge in [-0.05, 0) is 6.42 Å². The van der Waals surface area contributed by atoms with Gasteiger partial charge in [-0.2, -0.15) is 0 Å². The Morgan fingerprint density at radius 3 is 2.40 bits per heavy atom. The van der Waals surface area contributed by atoms with Crippen molar-refractivity contribution in [2.75, 3.05) is 0 Å². The number of nitrogens with one attached hydrogen (secondary N) is 1. The van der Waals surface area contributed by atoms with Gasteiger partial charge in [0.2, 0.25) is 11.8 Å². The molecule has 58 valence electrons. The second kappa shape index (κ2) is 4.97. The molecule has 0 aromatic carbocycles. The smallest absolute Gasteiger partial charge is 0.226 e. The minimum Gasteiger partial charge on any atom is -0.297 e. The molecule has 0 aromatic rings. The highest BCUT2D eigenvalue weighted by Gasteiger charge is 2.00. The van der Waals surface area contributed by atoms with Crippen molar-refractivity contribution in [3.63, 3.8) is 0 Å². The number of carbonyl (C=O) groups is 2. The lowest BCUT2D eigenvalue weighted by atomic mass is 10.2. The highest BCUT2D eigenvalue weighted by atomic mass is 16.2. The Balaban J connectivity index is 3.35. The van der Waals surface area contributed by atoms with Crippen LogP contribution in [0.15, 0.2) is 0 Å². The van der Waals surface area contributed by atoms with E-state index in [0.717, 1.165) is 12.8 Å². The third kappa shape index (κ3) is 5.28. The van der Waals surface area contributed by atoms with Gasteiger partial charge in [0.05, 0.1) is 0 Å². The van der Waals surface area contributed by atoms with E-state index in [1.807, 2.05) is 6.92 Å². The number of hydrogen-bond donors (Lipinski definition) is 1. The van der Waals surface area contributed by atoms with Gasteiger partial charge < -0.3 is 0 Å². The molecule has 0 bridgehead atoms. The highest BCUT2D eigenvalue weighted by Crippen LogP contribution is 1.92. The Bertz CT molecular complexity index is 132. The first-order valence-electron chi connectivity index (χ1n) is 3.47. The predicted octanol–water partition coefficient (Wildman–Crippen LogP) is 0.839. The van der Waals surface area contributed by atoms with E-state index >= 15 is 0 Å². The van der Waals surface area contributed by atoms with Crippen LogP contribution in [0, 0.1) is 0 Å². The van der Waals surface area contributed by atoms with Gasteiger partial charge >= 0.3 is 0 Å². The van der Waals surface area contributed by atoms with Crippen LogP contribution in [0.1, 0.15) is 33.1 Å². The lowest BCUT2D eigenvalue weighted by Crippen LogP contribution is -2.27. The molecule has 3 heteroatoms. The van der Waals surface area contributed by atoms with Crippen LogP contribution in [0.25, 0.3) is 0 Å². The van der Waals surface area contributed by atoms with Gasteiger partial charge in [0.1, 0.15) is 0 Å². The SMILES string of the molecule is CCCCC(=O)NC(C)=O. The van der Waals surface area contributed by atoms with Crippen LogP contribution in [0.4, 0.5) is 0 Å². The number of amides is 2. The number of unbranched alkanes of at least 4 members (excludes halogenated alkanes) is 1. The summed E-state index contributed by atoms with van der Waals surface area (Å²) in [6.45, 7) is 3.34. The summed E-state index contributed by atoms with van der Waals surface area (Å²) >= 11 is 0. The van der Waals surface area contributed by atoms with Crippen molar-refractivity contribution in [1.29, 1.82) is 0 Å². The molecule has 0 atom stereocenters. The number of hydrogen-bond acceptors (Lipinski definition) is 2.